The molecule has 0 aromatic heterocycles. The predicted molar refractivity (Wildman–Crippen MR) is 83.0 cm³/mol. The van der Waals surface area contributed by atoms with Crippen LogP contribution < -0.4 is 5.32 Å². The van der Waals surface area contributed by atoms with Crippen molar-refractivity contribution in [2.75, 3.05) is 32.7 Å². The molecule has 20 heavy (non-hydrogen) atoms. The third-order valence-electron chi connectivity index (χ3n) is 5.68. The maximum atomic E-state index is 3.72. The van der Waals surface area contributed by atoms with Crippen molar-refractivity contribution in [3.63, 3.8) is 0 Å². The molecule has 1 heterocycles. The fourth-order valence-corrected chi connectivity index (χ4v) is 4.50. The zero-order chi connectivity index (χ0) is 13.4. The molecule has 3 aliphatic rings. The Bertz CT molecular complexity index is 464. The van der Waals surface area contributed by atoms with E-state index in [1.165, 1.54) is 58.4 Å². The summed E-state index contributed by atoms with van der Waals surface area (Å²) >= 11 is 0. The van der Waals surface area contributed by atoms with E-state index < -0.39 is 0 Å². The number of fused-ring (bicyclic) bond motifs is 3. The molecular weight excluding hydrogens is 244 g/mol. The van der Waals surface area contributed by atoms with Gasteiger partial charge in [-0.3, -0.25) is 0 Å². The molecule has 1 saturated carbocycles. The number of nitrogens with zero attached hydrogens (tertiary/aromatic N) is 1. The van der Waals surface area contributed by atoms with Crippen molar-refractivity contribution in [3.8, 4) is 0 Å². The highest BCUT2D eigenvalue weighted by molar-refractivity contribution is 5.39. The molecule has 1 N–H and O–H groups in total. The zero-order valence-electron chi connectivity index (χ0n) is 12.4. The molecule has 2 heteroatoms. The summed E-state index contributed by atoms with van der Waals surface area (Å²) in [6.07, 6.45) is 5.54. The van der Waals surface area contributed by atoms with Crippen LogP contribution >= 0.6 is 0 Å². The molecule has 0 amide bonds. The Kier molecular flexibility index (Phi) is 3.53. The smallest absolute Gasteiger partial charge is 0.0107 e. The van der Waals surface area contributed by atoms with Gasteiger partial charge >= 0.3 is 0 Å². The Morgan fingerprint density at radius 3 is 2.90 bits per heavy atom. The number of likely N-dealkylation sites (tertiary alicyclic amines) is 1. The van der Waals surface area contributed by atoms with Gasteiger partial charge in [0, 0.05) is 13.1 Å². The largest absolute Gasteiger partial charge is 0.315 e. The fourth-order valence-electron chi connectivity index (χ4n) is 4.50. The quantitative estimate of drug-likeness (QED) is 0.828. The lowest BCUT2D eigenvalue weighted by Gasteiger charge is -2.14. The van der Waals surface area contributed by atoms with Gasteiger partial charge in [0.05, 0.1) is 0 Å². The number of aryl methyl sites for hydroxylation is 1. The highest BCUT2D eigenvalue weighted by Gasteiger charge is 2.52. The lowest BCUT2D eigenvalue weighted by atomic mass is 9.92. The van der Waals surface area contributed by atoms with Crippen LogP contribution in [0.5, 0.6) is 0 Å². The van der Waals surface area contributed by atoms with Gasteiger partial charge in [0.2, 0.25) is 0 Å². The van der Waals surface area contributed by atoms with E-state index in [0.29, 0.717) is 0 Å². The molecule has 3 atom stereocenters. The van der Waals surface area contributed by atoms with E-state index in [1.54, 1.807) is 11.1 Å². The monoisotopic (exact) mass is 270 g/mol. The van der Waals surface area contributed by atoms with Crippen molar-refractivity contribution in [2.45, 2.75) is 31.6 Å². The first-order chi connectivity index (χ1) is 9.93. The van der Waals surface area contributed by atoms with E-state index >= 15 is 0 Å². The lowest BCUT2D eigenvalue weighted by Crippen LogP contribution is -2.31. The maximum Gasteiger partial charge on any atom is 0.0107 e. The van der Waals surface area contributed by atoms with Crippen molar-refractivity contribution in [3.05, 3.63) is 35.4 Å². The Morgan fingerprint density at radius 1 is 1.15 bits per heavy atom. The van der Waals surface area contributed by atoms with Crippen molar-refractivity contribution in [2.24, 2.45) is 11.8 Å². The Morgan fingerprint density at radius 2 is 2.00 bits per heavy atom. The minimum Gasteiger partial charge on any atom is -0.315 e. The first-order valence-electron chi connectivity index (χ1n) is 8.44. The zero-order valence-corrected chi connectivity index (χ0v) is 12.4. The summed E-state index contributed by atoms with van der Waals surface area (Å²) in [6.45, 7) is 6.31. The van der Waals surface area contributed by atoms with Crippen LogP contribution in [-0.4, -0.2) is 37.6 Å². The van der Waals surface area contributed by atoms with Gasteiger partial charge in [0.15, 0.2) is 0 Å². The minimum atomic E-state index is 0.874. The Hall–Kier alpha value is -0.860. The Balaban J connectivity index is 1.26. The first-order valence-corrected chi connectivity index (χ1v) is 8.44. The van der Waals surface area contributed by atoms with Crippen LogP contribution in [0, 0.1) is 11.8 Å². The minimum absolute atomic E-state index is 0.874. The molecule has 1 saturated heterocycles. The van der Waals surface area contributed by atoms with Gasteiger partial charge in [-0.05, 0) is 74.2 Å². The van der Waals surface area contributed by atoms with Gasteiger partial charge in [-0.25, -0.2) is 0 Å². The Labute approximate surface area is 122 Å². The molecule has 2 fully saturated rings. The number of nitrogens with one attached hydrogen (secondary N) is 1. The molecule has 2 aliphatic carbocycles. The molecule has 1 aromatic carbocycles. The molecule has 2 nitrogen and oxygen atoms in total. The van der Waals surface area contributed by atoms with E-state index in [2.05, 4.69) is 34.5 Å². The first kappa shape index (κ1) is 12.8. The summed E-state index contributed by atoms with van der Waals surface area (Å²) in [5.41, 5.74) is 3.28. The van der Waals surface area contributed by atoms with Crippen molar-refractivity contribution < 1.29 is 0 Å². The molecule has 0 radical (unpaired) electrons. The number of rotatable bonds is 5. The summed E-state index contributed by atoms with van der Waals surface area (Å²) in [6, 6.07) is 9.13. The number of hydrogen-bond acceptors (Lipinski definition) is 2. The second kappa shape index (κ2) is 5.50. The normalized spacial score (nSPS) is 31.9. The summed E-state index contributed by atoms with van der Waals surface area (Å²) in [5.74, 6) is 2.76. The topological polar surface area (TPSA) is 15.3 Å². The van der Waals surface area contributed by atoms with Crippen molar-refractivity contribution in [1.82, 2.24) is 10.2 Å². The summed E-state index contributed by atoms with van der Waals surface area (Å²) < 4.78 is 0. The molecule has 4 rings (SSSR count). The van der Waals surface area contributed by atoms with Gasteiger partial charge in [0.1, 0.15) is 0 Å². The molecule has 3 unspecified atom stereocenters. The number of hydrogen-bond donors (Lipinski definition) is 1. The van der Waals surface area contributed by atoms with Gasteiger partial charge in [-0.15, -0.1) is 0 Å². The van der Waals surface area contributed by atoms with E-state index in [-0.39, 0.29) is 0 Å². The average Bonchev–Trinajstić information content (AvgIpc) is 2.95. The predicted octanol–water partition coefficient (Wildman–Crippen LogP) is 2.65. The SMILES string of the molecule is c1ccc2c(c1)CCC1C(CNCCN3CCCC3)C21. The van der Waals surface area contributed by atoms with Crippen LogP contribution in [0.3, 0.4) is 0 Å². The summed E-state index contributed by atoms with van der Waals surface area (Å²) in [4.78, 5) is 2.60. The molecule has 0 spiro atoms. The summed E-state index contributed by atoms with van der Waals surface area (Å²) in [7, 11) is 0. The number of benzene rings is 1. The fraction of sp³-hybridized carbons (Fsp3) is 0.667. The third kappa shape index (κ3) is 2.40. The molecular formula is C18H26N2. The van der Waals surface area contributed by atoms with Gasteiger partial charge < -0.3 is 10.2 Å². The van der Waals surface area contributed by atoms with Crippen molar-refractivity contribution in [1.29, 1.82) is 0 Å². The third-order valence-corrected chi connectivity index (χ3v) is 5.68. The highest BCUT2D eigenvalue weighted by atomic mass is 15.1. The second-order valence-electron chi connectivity index (χ2n) is 6.84. The molecule has 1 aromatic rings. The second-order valence-corrected chi connectivity index (χ2v) is 6.84. The van der Waals surface area contributed by atoms with E-state index in [0.717, 1.165) is 17.8 Å². The van der Waals surface area contributed by atoms with Crippen LogP contribution in [-0.2, 0) is 6.42 Å². The van der Waals surface area contributed by atoms with E-state index in [9.17, 15) is 0 Å². The standard InChI is InChI=1S/C18H26N2/c1-2-6-15-14(5-1)7-8-16-17(18(15)16)13-19-9-12-20-10-3-4-11-20/h1-2,5-6,16-19H,3-4,7-13H2. The van der Waals surface area contributed by atoms with Crippen LogP contribution in [0.1, 0.15) is 36.3 Å². The molecule has 108 valence electrons. The maximum absolute atomic E-state index is 3.72. The highest BCUT2D eigenvalue weighted by Crippen LogP contribution is 2.59. The average molecular weight is 270 g/mol. The molecule has 0 bridgehead atoms. The van der Waals surface area contributed by atoms with E-state index in [1.807, 2.05) is 0 Å². The summed E-state index contributed by atoms with van der Waals surface area (Å²) in [5, 5.41) is 3.72. The van der Waals surface area contributed by atoms with E-state index in [4.69, 9.17) is 0 Å². The van der Waals surface area contributed by atoms with Crippen LogP contribution in [0.4, 0.5) is 0 Å². The molecule has 1 aliphatic heterocycles. The van der Waals surface area contributed by atoms with Gasteiger partial charge in [-0.2, -0.15) is 0 Å². The van der Waals surface area contributed by atoms with Gasteiger partial charge in [0.25, 0.3) is 0 Å². The van der Waals surface area contributed by atoms with Crippen LogP contribution in [0.25, 0.3) is 0 Å². The van der Waals surface area contributed by atoms with Crippen LogP contribution in [0.15, 0.2) is 24.3 Å². The lowest BCUT2D eigenvalue weighted by molar-refractivity contribution is 0.334. The van der Waals surface area contributed by atoms with Crippen LogP contribution in [0.2, 0.25) is 0 Å². The van der Waals surface area contributed by atoms with Crippen molar-refractivity contribution >= 4 is 0 Å². The van der Waals surface area contributed by atoms with Gasteiger partial charge in [-0.1, -0.05) is 24.3 Å².